The monoisotopic (exact) mass is 223 g/mol. The minimum atomic E-state index is -2.37. The summed E-state index contributed by atoms with van der Waals surface area (Å²) in [6.07, 6.45) is -1.29. The number of hydrogen-bond donors (Lipinski definition) is 1. The van der Waals surface area contributed by atoms with Gasteiger partial charge in [-0.3, -0.25) is 0 Å². The number of ether oxygens (including phenoxy) is 2. The van der Waals surface area contributed by atoms with E-state index in [9.17, 15) is 8.78 Å². The summed E-state index contributed by atoms with van der Waals surface area (Å²) in [5.74, 6) is 0.542. The van der Waals surface area contributed by atoms with Crippen molar-refractivity contribution in [1.29, 1.82) is 0 Å². The maximum absolute atomic E-state index is 11.7. The highest BCUT2D eigenvalue weighted by atomic mass is 19.3. The summed E-state index contributed by atoms with van der Waals surface area (Å²) in [6, 6.07) is 0.364. The van der Waals surface area contributed by atoms with Crippen LogP contribution in [0.1, 0.15) is 13.3 Å². The third-order valence-corrected chi connectivity index (χ3v) is 2.63. The van der Waals surface area contributed by atoms with Crippen molar-refractivity contribution in [2.75, 3.05) is 33.0 Å². The maximum Gasteiger partial charge on any atom is 0.261 e. The molecule has 0 bridgehead atoms. The topological polar surface area (TPSA) is 30.5 Å². The molecule has 1 rings (SSSR count). The molecule has 0 aromatic heterocycles. The zero-order valence-electron chi connectivity index (χ0n) is 9.05. The molecule has 0 spiro atoms. The molecule has 0 aromatic rings. The molecule has 2 unspecified atom stereocenters. The number of nitrogens with one attached hydrogen (secondary N) is 1. The molecule has 90 valence electrons. The second kappa shape index (κ2) is 7.09. The van der Waals surface area contributed by atoms with Crippen molar-refractivity contribution < 1.29 is 18.3 Å². The van der Waals surface area contributed by atoms with Gasteiger partial charge in [0.2, 0.25) is 0 Å². The van der Waals surface area contributed by atoms with Gasteiger partial charge >= 0.3 is 0 Å². The van der Waals surface area contributed by atoms with Crippen LogP contribution in [0.25, 0.3) is 0 Å². The molecule has 1 saturated heterocycles. The Bertz CT molecular complexity index is 164. The Balaban J connectivity index is 1.94. The van der Waals surface area contributed by atoms with Gasteiger partial charge in [-0.1, -0.05) is 0 Å². The minimum Gasteiger partial charge on any atom is -0.381 e. The van der Waals surface area contributed by atoms with Crippen LogP contribution in [-0.2, 0) is 9.47 Å². The fourth-order valence-electron chi connectivity index (χ4n) is 1.64. The van der Waals surface area contributed by atoms with Crippen molar-refractivity contribution in [3.05, 3.63) is 0 Å². The fraction of sp³-hybridized carbons (Fsp3) is 1.00. The SMILES string of the molecule is CC(NCCOCC(F)F)C1CCOC1. The Morgan fingerprint density at radius 3 is 2.93 bits per heavy atom. The lowest BCUT2D eigenvalue weighted by atomic mass is 10.0. The van der Waals surface area contributed by atoms with Gasteiger partial charge < -0.3 is 14.8 Å². The molecule has 1 heterocycles. The van der Waals surface area contributed by atoms with Crippen LogP contribution in [0.3, 0.4) is 0 Å². The van der Waals surface area contributed by atoms with Gasteiger partial charge in [-0.25, -0.2) is 8.78 Å². The van der Waals surface area contributed by atoms with Crippen molar-refractivity contribution in [2.45, 2.75) is 25.8 Å². The van der Waals surface area contributed by atoms with Crippen molar-refractivity contribution in [2.24, 2.45) is 5.92 Å². The predicted octanol–water partition coefficient (Wildman–Crippen LogP) is 1.28. The molecule has 1 fully saturated rings. The molecule has 0 aliphatic carbocycles. The van der Waals surface area contributed by atoms with Crippen molar-refractivity contribution in [3.63, 3.8) is 0 Å². The van der Waals surface area contributed by atoms with E-state index >= 15 is 0 Å². The van der Waals surface area contributed by atoms with E-state index in [1.165, 1.54) is 0 Å². The minimum absolute atomic E-state index is 0.336. The Labute approximate surface area is 89.1 Å². The van der Waals surface area contributed by atoms with Gasteiger partial charge in [-0.15, -0.1) is 0 Å². The van der Waals surface area contributed by atoms with Crippen LogP contribution in [0.15, 0.2) is 0 Å². The first-order valence-electron chi connectivity index (χ1n) is 5.37. The van der Waals surface area contributed by atoms with Crippen molar-refractivity contribution in [3.8, 4) is 0 Å². The van der Waals surface area contributed by atoms with Crippen LogP contribution >= 0.6 is 0 Å². The number of halogens is 2. The van der Waals surface area contributed by atoms with E-state index in [-0.39, 0.29) is 0 Å². The van der Waals surface area contributed by atoms with Gasteiger partial charge in [0.25, 0.3) is 6.43 Å². The quantitative estimate of drug-likeness (QED) is 0.660. The molecule has 0 saturated carbocycles. The second-order valence-electron chi connectivity index (χ2n) is 3.83. The summed E-state index contributed by atoms with van der Waals surface area (Å²) in [7, 11) is 0. The van der Waals surface area contributed by atoms with Gasteiger partial charge in [0.05, 0.1) is 13.2 Å². The van der Waals surface area contributed by atoms with Crippen LogP contribution in [0.2, 0.25) is 0 Å². The first-order chi connectivity index (χ1) is 7.20. The van der Waals surface area contributed by atoms with E-state index in [1.54, 1.807) is 0 Å². The molecule has 15 heavy (non-hydrogen) atoms. The molecular weight excluding hydrogens is 204 g/mol. The first-order valence-corrected chi connectivity index (χ1v) is 5.37. The van der Waals surface area contributed by atoms with Crippen LogP contribution < -0.4 is 5.32 Å². The summed E-state index contributed by atoms with van der Waals surface area (Å²) in [5, 5.41) is 3.25. The Morgan fingerprint density at radius 2 is 2.33 bits per heavy atom. The lowest BCUT2D eigenvalue weighted by Crippen LogP contribution is -2.36. The average molecular weight is 223 g/mol. The van der Waals surface area contributed by atoms with E-state index in [1.807, 2.05) is 0 Å². The molecule has 0 aromatic carbocycles. The summed E-state index contributed by atoms with van der Waals surface area (Å²) < 4.78 is 33.4. The molecule has 0 amide bonds. The van der Waals surface area contributed by atoms with Gasteiger partial charge in [-0.05, 0) is 19.3 Å². The van der Waals surface area contributed by atoms with Gasteiger partial charge in [0.15, 0.2) is 0 Å². The second-order valence-corrected chi connectivity index (χ2v) is 3.83. The summed E-state index contributed by atoms with van der Waals surface area (Å²) in [5.41, 5.74) is 0. The molecular formula is C10H19F2NO2. The van der Waals surface area contributed by atoms with E-state index in [2.05, 4.69) is 12.2 Å². The van der Waals surface area contributed by atoms with Crippen molar-refractivity contribution >= 4 is 0 Å². The van der Waals surface area contributed by atoms with Gasteiger partial charge in [0.1, 0.15) is 6.61 Å². The summed E-state index contributed by atoms with van der Waals surface area (Å²) in [6.45, 7) is 4.20. The Kier molecular flexibility index (Phi) is 6.05. The third kappa shape index (κ3) is 5.39. The summed E-state index contributed by atoms with van der Waals surface area (Å²) in [4.78, 5) is 0. The zero-order valence-corrected chi connectivity index (χ0v) is 9.05. The highest BCUT2D eigenvalue weighted by Gasteiger charge is 2.21. The predicted molar refractivity (Wildman–Crippen MR) is 53.2 cm³/mol. The average Bonchev–Trinajstić information content (AvgIpc) is 2.69. The number of hydrogen-bond acceptors (Lipinski definition) is 3. The van der Waals surface area contributed by atoms with Crippen LogP contribution in [0, 0.1) is 5.92 Å². The smallest absolute Gasteiger partial charge is 0.261 e. The maximum atomic E-state index is 11.7. The van der Waals surface area contributed by atoms with Gasteiger partial charge in [0, 0.05) is 19.2 Å². The van der Waals surface area contributed by atoms with Crippen LogP contribution in [0.4, 0.5) is 8.78 Å². The molecule has 0 radical (unpaired) electrons. The van der Waals surface area contributed by atoms with Gasteiger partial charge in [-0.2, -0.15) is 0 Å². The Hall–Kier alpha value is -0.260. The normalized spacial score (nSPS) is 23.6. The highest BCUT2D eigenvalue weighted by molar-refractivity contribution is 4.75. The van der Waals surface area contributed by atoms with E-state index < -0.39 is 13.0 Å². The molecule has 1 aliphatic rings. The van der Waals surface area contributed by atoms with E-state index in [0.29, 0.717) is 25.1 Å². The molecule has 5 heteroatoms. The lowest BCUT2D eigenvalue weighted by molar-refractivity contribution is 0.0179. The highest BCUT2D eigenvalue weighted by Crippen LogP contribution is 2.15. The van der Waals surface area contributed by atoms with E-state index in [4.69, 9.17) is 9.47 Å². The standard InChI is InChI=1S/C10H19F2NO2/c1-8(9-2-4-14-6-9)13-3-5-15-7-10(11)12/h8-10,13H,2-7H2,1H3. The molecule has 1 aliphatic heterocycles. The fourth-order valence-corrected chi connectivity index (χ4v) is 1.64. The molecule has 1 N–H and O–H groups in total. The third-order valence-electron chi connectivity index (χ3n) is 2.63. The number of rotatable bonds is 7. The lowest BCUT2D eigenvalue weighted by Gasteiger charge is -2.19. The molecule has 2 atom stereocenters. The molecule has 3 nitrogen and oxygen atoms in total. The zero-order chi connectivity index (χ0) is 11.1. The van der Waals surface area contributed by atoms with Crippen LogP contribution in [-0.4, -0.2) is 45.4 Å². The van der Waals surface area contributed by atoms with Crippen LogP contribution in [0.5, 0.6) is 0 Å². The number of alkyl halides is 2. The van der Waals surface area contributed by atoms with Crippen molar-refractivity contribution in [1.82, 2.24) is 5.32 Å². The first kappa shape index (κ1) is 12.8. The van der Waals surface area contributed by atoms with E-state index in [0.717, 1.165) is 19.6 Å². The summed E-state index contributed by atoms with van der Waals surface area (Å²) >= 11 is 0. The Morgan fingerprint density at radius 1 is 1.53 bits per heavy atom. The largest absolute Gasteiger partial charge is 0.381 e.